The lowest BCUT2D eigenvalue weighted by Gasteiger charge is -2.04. The Morgan fingerprint density at radius 3 is 2.94 bits per heavy atom. The summed E-state index contributed by atoms with van der Waals surface area (Å²) < 4.78 is 30.2. The molecule has 0 atom stereocenters. The van der Waals surface area contributed by atoms with E-state index in [0.717, 1.165) is 0 Å². The third kappa shape index (κ3) is 4.53. The van der Waals surface area contributed by atoms with E-state index in [0.29, 0.717) is 13.0 Å². The lowest BCUT2D eigenvalue weighted by Crippen LogP contribution is -2.25. The zero-order valence-corrected chi connectivity index (χ0v) is 10.3. The summed E-state index contributed by atoms with van der Waals surface area (Å²) in [7, 11) is -3.55. The van der Waals surface area contributed by atoms with Gasteiger partial charge >= 0.3 is 5.97 Å². The maximum Gasteiger partial charge on any atom is 0.305 e. The van der Waals surface area contributed by atoms with E-state index in [-0.39, 0.29) is 24.0 Å². The molecule has 7 nitrogen and oxygen atoms in total. The number of aromatic nitrogens is 2. The number of H-pyrrole nitrogens is 1. The maximum atomic E-state index is 11.6. The fraction of sp³-hybridized carbons (Fsp3) is 0.556. The zero-order chi connectivity index (χ0) is 12.7. The van der Waals surface area contributed by atoms with Crippen LogP contribution >= 0.6 is 0 Å². The molecular formula is C9H15N3O4S. The minimum Gasteiger partial charge on any atom is -0.466 e. The molecule has 0 aliphatic rings. The van der Waals surface area contributed by atoms with Crippen LogP contribution in [0.2, 0.25) is 0 Å². The Morgan fingerprint density at radius 2 is 2.35 bits per heavy atom. The van der Waals surface area contributed by atoms with Crippen LogP contribution in [0.1, 0.15) is 19.8 Å². The van der Waals surface area contributed by atoms with Crippen molar-refractivity contribution in [3.05, 3.63) is 12.3 Å². The van der Waals surface area contributed by atoms with Crippen LogP contribution < -0.4 is 4.72 Å². The summed E-state index contributed by atoms with van der Waals surface area (Å²) in [5, 5.41) is 5.91. The van der Waals surface area contributed by atoms with Crippen LogP contribution in [0.3, 0.4) is 0 Å². The van der Waals surface area contributed by atoms with Crippen LogP contribution in [0, 0.1) is 0 Å². The molecular weight excluding hydrogens is 246 g/mol. The Labute approximate surface area is 99.6 Å². The molecule has 2 N–H and O–H groups in total. The predicted molar refractivity (Wildman–Crippen MR) is 59.6 cm³/mol. The molecule has 0 saturated heterocycles. The average molecular weight is 261 g/mol. The Kier molecular flexibility index (Phi) is 5.11. The SMILES string of the molecule is CCOC(=O)CCCNS(=O)(=O)c1ccn[nH]1. The van der Waals surface area contributed by atoms with Gasteiger partial charge in [0.15, 0.2) is 5.03 Å². The number of carbonyl (C=O) groups is 1. The van der Waals surface area contributed by atoms with Gasteiger partial charge in [0.1, 0.15) is 0 Å². The first-order valence-electron chi connectivity index (χ1n) is 5.21. The monoisotopic (exact) mass is 261 g/mol. The quantitative estimate of drug-likeness (QED) is 0.532. The van der Waals surface area contributed by atoms with Crippen molar-refractivity contribution < 1.29 is 17.9 Å². The highest BCUT2D eigenvalue weighted by atomic mass is 32.2. The summed E-state index contributed by atoms with van der Waals surface area (Å²) in [5.74, 6) is -0.326. The zero-order valence-electron chi connectivity index (χ0n) is 9.47. The first-order chi connectivity index (χ1) is 8.06. The van der Waals surface area contributed by atoms with Crippen molar-refractivity contribution in [3.63, 3.8) is 0 Å². The summed E-state index contributed by atoms with van der Waals surface area (Å²) in [6.07, 6.45) is 1.94. The number of rotatable bonds is 7. The summed E-state index contributed by atoms with van der Waals surface area (Å²) >= 11 is 0. The van der Waals surface area contributed by atoms with Crippen molar-refractivity contribution in [2.24, 2.45) is 0 Å². The first kappa shape index (κ1) is 13.7. The summed E-state index contributed by atoms with van der Waals surface area (Å²) in [5.41, 5.74) is 0. The number of nitrogens with one attached hydrogen (secondary N) is 2. The Hall–Kier alpha value is -1.41. The Balaban J connectivity index is 2.30. The van der Waals surface area contributed by atoms with Gasteiger partial charge in [-0.25, -0.2) is 13.1 Å². The van der Waals surface area contributed by atoms with E-state index in [9.17, 15) is 13.2 Å². The van der Waals surface area contributed by atoms with Gasteiger partial charge in [-0.15, -0.1) is 0 Å². The van der Waals surface area contributed by atoms with Gasteiger partial charge in [0.05, 0.1) is 12.8 Å². The largest absolute Gasteiger partial charge is 0.466 e. The second-order valence-corrected chi connectivity index (χ2v) is 4.96. The number of carbonyl (C=O) groups excluding carboxylic acids is 1. The average Bonchev–Trinajstić information content (AvgIpc) is 2.79. The van der Waals surface area contributed by atoms with Crippen molar-refractivity contribution in [1.29, 1.82) is 0 Å². The van der Waals surface area contributed by atoms with Crippen LogP contribution in [0.25, 0.3) is 0 Å². The van der Waals surface area contributed by atoms with Crippen molar-refractivity contribution in [3.8, 4) is 0 Å². The molecule has 0 unspecified atom stereocenters. The predicted octanol–water partition coefficient (Wildman–Crippen LogP) is 0.0313. The number of esters is 1. The van der Waals surface area contributed by atoms with Gasteiger partial charge in [0.2, 0.25) is 0 Å². The third-order valence-electron chi connectivity index (χ3n) is 1.92. The molecule has 0 spiro atoms. The normalized spacial score (nSPS) is 11.4. The minimum absolute atomic E-state index is 0.00800. The molecule has 0 aliphatic heterocycles. The van der Waals surface area contributed by atoms with Crippen molar-refractivity contribution in [1.82, 2.24) is 14.9 Å². The van der Waals surface area contributed by atoms with Crippen molar-refractivity contribution in [2.45, 2.75) is 24.8 Å². The third-order valence-corrected chi connectivity index (χ3v) is 3.31. The number of aromatic amines is 1. The molecule has 0 amide bonds. The molecule has 1 rings (SSSR count). The highest BCUT2D eigenvalue weighted by molar-refractivity contribution is 7.89. The Bertz CT molecular complexity index is 441. The van der Waals surface area contributed by atoms with E-state index < -0.39 is 10.0 Å². The summed E-state index contributed by atoms with van der Waals surface area (Å²) in [6, 6.07) is 1.35. The maximum absolute atomic E-state index is 11.6. The van der Waals surface area contributed by atoms with E-state index in [1.165, 1.54) is 12.3 Å². The number of nitrogens with zero attached hydrogens (tertiary/aromatic N) is 1. The molecule has 0 fully saturated rings. The minimum atomic E-state index is -3.55. The van der Waals surface area contributed by atoms with Gasteiger partial charge in [-0.05, 0) is 19.4 Å². The van der Waals surface area contributed by atoms with Gasteiger partial charge in [-0.3, -0.25) is 9.89 Å². The van der Waals surface area contributed by atoms with E-state index in [1.807, 2.05) is 0 Å². The lowest BCUT2D eigenvalue weighted by molar-refractivity contribution is -0.143. The molecule has 1 aromatic heterocycles. The molecule has 1 heterocycles. The van der Waals surface area contributed by atoms with Crippen molar-refractivity contribution in [2.75, 3.05) is 13.2 Å². The van der Waals surface area contributed by atoms with Gasteiger partial charge in [-0.1, -0.05) is 0 Å². The molecule has 0 aromatic carbocycles. The number of hydrogen-bond donors (Lipinski definition) is 2. The summed E-state index contributed by atoms with van der Waals surface area (Å²) in [6.45, 7) is 2.23. The van der Waals surface area contributed by atoms with Crippen LogP contribution in [-0.4, -0.2) is 37.7 Å². The standard InChI is InChI=1S/C9H15N3O4S/c1-2-16-9(13)4-3-6-11-17(14,15)8-5-7-10-12-8/h5,7,11H,2-4,6H2,1H3,(H,10,12). The fourth-order valence-corrected chi connectivity index (χ4v) is 2.12. The number of hydrogen-bond acceptors (Lipinski definition) is 5. The highest BCUT2D eigenvalue weighted by Crippen LogP contribution is 2.02. The molecule has 0 bridgehead atoms. The second kappa shape index (κ2) is 6.36. The molecule has 8 heteroatoms. The van der Waals surface area contributed by atoms with E-state index in [2.05, 4.69) is 14.9 Å². The van der Waals surface area contributed by atoms with Gasteiger partial charge in [0.25, 0.3) is 10.0 Å². The Morgan fingerprint density at radius 1 is 1.59 bits per heavy atom. The van der Waals surface area contributed by atoms with Crippen LogP contribution in [0.15, 0.2) is 17.3 Å². The van der Waals surface area contributed by atoms with Crippen molar-refractivity contribution >= 4 is 16.0 Å². The number of sulfonamides is 1. The molecule has 96 valence electrons. The lowest BCUT2D eigenvalue weighted by atomic mass is 10.3. The fourth-order valence-electron chi connectivity index (χ4n) is 1.14. The van der Waals surface area contributed by atoms with E-state index in [4.69, 9.17) is 4.74 Å². The second-order valence-electron chi connectivity index (χ2n) is 3.23. The molecule has 0 saturated carbocycles. The van der Waals surface area contributed by atoms with Crippen LogP contribution in [0.4, 0.5) is 0 Å². The molecule has 0 aliphatic carbocycles. The summed E-state index contributed by atoms with van der Waals surface area (Å²) in [4.78, 5) is 11.0. The van der Waals surface area contributed by atoms with Gasteiger partial charge in [0, 0.05) is 13.0 Å². The van der Waals surface area contributed by atoms with Crippen LogP contribution in [0.5, 0.6) is 0 Å². The number of ether oxygens (including phenoxy) is 1. The van der Waals surface area contributed by atoms with E-state index in [1.54, 1.807) is 6.92 Å². The highest BCUT2D eigenvalue weighted by Gasteiger charge is 2.14. The topological polar surface area (TPSA) is 101 Å². The van der Waals surface area contributed by atoms with Gasteiger partial charge in [-0.2, -0.15) is 5.10 Å². The van der Waals surface area contributed by atoms with E-state index >= 15 is 0 Å². The van der Waals surface area contributed by atoms with Gasteiger partial charge < -0.3 is 4.74 Å². The molecule has 0 radical (unpaired) electrons. The van der Waals surface area contributed by atoms with Crippen LogP contribution in [-0.2, 0) is 19.6 Å². The molecule has 17 heavy (non-hydrogen) atoms. The molecule has 1 aromatic rings. The smallest absolute Gasteiger partial charge is 0.305 e. The first-order valence-corrected chi connectivity index (χ1v) is 6.69.